The number of aliphatic hydroxyl groups excluding tert-OH is 3. The van der Waals surface area contributed by atoms with E-state index in [0.29, 0.717) is 5.57 Å². The van der Waals surface area contributed by atoms with Gasteiger partial charge in [-0.05, 0) is 24.3 Å². The molecule has 6 atom stereocenters. The van der Waals surface area contributed by atoms with Crippen molar-refractivity contribution in [2.24, 2.45) is 23.2 Å². The number of carbonyl (C=O) groups is 2. The molecule has 0 amide bonds. The van der Waals surface area contributed by atoms with Crippen LogP contribution in [0.4, 0.5) is 0 Å². The van der Waals surface area contributed by atoms with Crippen molar-refractivity contribution >= 4 is 11.9 Å². The number of esters is 2. The van der Waals surface area contributed by atoms with Gasteiger partial charge in [0.25, 0.3) is 0 Å². The van der Waals surface area contributed by atoms with Gasteiger partial charge in [0, 0.05) is 11.5 Å². The molecule has 0 spiro atoms. The Balaban J connectivity index is 3.38. The van der Waals surface area contributed by atoms with Gasteiger partial charge in [-0.3, -0.25) is 4.79 Å². The zero-order valence-electron chi connectivity index (χ0n) is 16.2. The van der Waals surface area contributed by atoms with Gasteiger partial charge in [-0.2, -0.15) is 0 Å². The molecule has 0 saturated heterocycles. The van der Waals surface area contributed by atoms with Crippen LogP contribution in [0.5, 0.6) is 0 Å². The third-order valence-corrected chi connectivity index (χ3v) is 5.36. The van der Waals surface area contributed by atoms with Gasteiger partial charge in [-0.25, -0.2) is 4.79 Å². The van der Waals surface area contributed by atoms with Crippen molar-refractivity contribution in [2.75, 3.05) is 20.3 Å². The fourth-order valence-corrected chi connectivity index (χ4v) is 3.67. The third kappa shape index (κ3) is 4.66. The van der Waals surface area contributed by atoms with E-state index in [2.05, 4.69) is 19.7 Å². The molecule has 1 aliphatic carbocycles. The maximum atomic E-state index is 12.2. The van der Waals surface area contributed by atoms with E-state index in [1.54, 1.807) is 6.08 Å². The molecular weight excluding hydrogens is 352 g/mol. The molecule has 3 N–H and O–H groups in total. The highest BCUT2D eigenvalue weighted by atomic mass is 16.5. The topological polar surface area (TPSA) is 113 Å². The van der Waals surface area contributed by atoms with E-state index in [4.69, 9.17) is 9.47 Å². The molecule has 0 aliphatic heterocycles. The summed E-state index contributed by atoms with van der Waals surface area (Å²) in [5.74, 6) is -3.71. The molecule has 152 valence electrons. The molecule has 27 heavy (non-hydrogen) atoms. The van der Waals surface area contributed by atoms with Crippen LogP contribution >= 0.6 is 0 Å². The van der Waals surface area contributed by atoms with Crippen LogP contribution < -0.4 is 0 Å². The largest absolute Gasteiger partial charge is 0.466 e. The molecule has 1 aliphatic rings. The normalized spacial score (nSPS) is 31.5. The van der Waals surface area contributed by atoms with Crippen molar-refractivity contribution in [1.82, 2.24) is 0 Å². The standard InChI is InChI=1S/C20H30O7/c1-7-20(5)8-14(27-18(24)12(3)10-22)15(13(4)19(25)26-6)17(23)16(20)11(2)9-21/h7,12,14-17,21-23H,1-2,4,8-10H2,3,5-6H3/t12-,14+,15-,16-,17+,20-/m1/s1. The Morgan fingerprint density at radius 2 is 1.93 bits per heavy atom. The van der Waals surface area contributed by atoms with Gasteiger partial charge < -0.3 is 24.8 Å². The Bertz CT molecular complexity index is 611. The highest BCUT2D eigenvalue weighted by Gasteiger charge is 2.53. The SMILES string of the molecule is C=C[C@]1(C)C[C@H](OC(=O)[C@H](C)CO)[C@@H](C(=C)C(=O)OC)[C@H](O)[C@H]1C(=C)CO. The van der Waals surface area contributed by atoms with Gasteiger partial charge in [0.1, 0.15) is 6.10 Å². The second kappa shape index (κ2) is 9.30. The second-order valence-corrected chi connectivity index (χ2v) is 7.30. The second-order valence-electron chi connectivity index (χ2n) is 7.30. The van der Waals surface area contributed by atoms with Crippen molar-refractivity contribution in [2.45, 2.75) is 32.5 Å². The molecule has 0 bridgehead atoms. The molecule has 1 rings (SSSR count). The van der Waals surface area contributed by atoms with E-state index in [0.717, 1.165) is 0 Å². The van der Waals surface area contributed by atoms with E-state index in [9.17, 15) is 24.9 Å². The summed E-state index contributed by atoms with van der Waals surface area (Å²) in [5.41, 5.74) is -0.415. The number of carbonyl (C=O) groups excluding carboxylic acids is 2. The maximum Gasteiger partial charge on any atom is 0.333 e. The smallest absolute Gasteiger partial charge is 0.333 e. The van der Waals surface area contributed by atoms with Crippen LogP contribution in [0.1, 0.15) is 20.3 Å². The summed E-state index contributed by atoms with van der Waals surface area (Å²) in [4.78, 5) is 24.3. The monoisotopic (exact) mass is 382 g/mol. The Hall–Kier alpha value is -1.96. The minimum Gasteiger partial charge on any atom is -0.466 e. The van der Waals surface area contributed by atoms with Gasteiger partial charge in [-0.15, -0.1) is 6.58 Å². The van der Waals surface area contributed by atoms with E-state index < -0.39 is 47.3 Å². The molecule has 1 saturated carbocycles. The Kier molecular flexibility index (Phi) is 7.95. The van der Waals surface area contributed by atoms with Crippen molar-refractivity contribution in [3.63, 3.8) is 0 Å². The lowest BCUT2D eigenvalue weighted by Gasteiger charge is -2.50. The van der Waals surface area contributed by atoms with E-state index in [1.165, 1.54) is 14.0 Å². The van der Waals surface area contributed by atoms with Crippen LogP contribution in [-0.2, 0) is 19.1 Å². The number of methoxy groups -OCH3 is 1. The number of hydrogen-bond donors (Lipinski definition) is 3. The van der Waals surface area contributed by atoms with Crippen LogP contribution in [0.15, 0.2) is 37.0 Å². The lowest BCUT2D eigenvalue weighted by atomic mass is 9.58. The number of aliphatic hydroxyl groups is 3. The van der Waals surface area contributed by atoms with E-state index >= 15 is 0 Å². The first-order valence-corrected chi connectivity index (χ1v) is 8.76. The molecule has 0 heterocycles. The van der Waals surface area contributed by atoms with Crippen molar-refractivity contribution in [3.8, 4) is 0 Å². The van der Waals surface area contributed by atoms with Gasteiger partial charge in [0.05, 0.1) is 38.3 Å². The minimum absolute atomic E-state index is 0.0405. The maximum absolute atomic E-state index is 12.2. The van der Waals surface area contributed by atoms with Crippen LogP contribution in [0, 0.1) is 23.2 Å². The first-order valence-electron chi connectivity index (χ1n) is 8.76. The van der Waals surface area contributed by atoms with Crippen LogP contribution in [0.2, 0.25) is 0 Å². The first kappa shape index (κ1) is 23.1. The summed E-state index contributed by atoms with van der Waals surface area (Å²) in [6.45, 7) is 13.9. The summed E-state index contributed by atoms with van der Waals surface area (Å²) in [6, 6.07) is 0. The number of rotatable bonds is 8. The fraction of sp³-hybridized carbons (Fsp3) is 0.600. The summed E-state index contributed by atoms with van der Waals surface area (Å²) in [6.07, 6.45) is -0.258. The summed E-state index contributed by atoms with van der Waals surface area (Å²) in [7, 11) is 1.19. The van der Waals surface area contributed by atoms with Crippen molar-refractivity contribution < 1.29 is 34.4 Å². The number of hydrogen-bond acceptors (Lipinski definition) is 7. The van der Waals surface area contributed by atoms with Crippen molar-refractivity contribution in [3.05, 3.63) is 37.0 Å². The summed E-state index contributed by atoms with van der Waals surface area (Å²) in [5, 5.41) is 29.8. The van der Waals surface area contributed by atoms with Gasteiger partial charge in [0.2, 0.25) is 0 Å². The van der Waals surface area contributed by atoms with Crippen LogP contribution in [0.25, 0.3) is 0 Å². The van der Waals surface area contributed by atoms with Crippen molar-refractivity contribution in [1.29, 1.82) is 0 Å². The lowest BCUT2D eigenvalue weighted by molar-refractivity contribution is -0.170. The van der Waals surface area contributed by atoms with Crippen LogP contribution in [0.3, 0.4) is 0 Å². The summed E-state index contributed by atoms with van der Waals surface area (Å²) >= 11 is 0. The zero-order valence-corrected chi connectivity index (χ0v) is 16.2. The fourth-order valence-electron chi connectivity index (χ4n) is 3.67. The predicted octanol–water partition coefficient (Wildman–Crippen LogP) is 0.994. The third-order valence-electron chi connectivity index (χ3n) is 5.36. The minimum atomic E-state index is -1.21. The molecule has 0 aromatic heterocycles. The Morgan fingerprint density at radius 1 is 1.33 bits per heavy atom. The molecule has 0 aromatic rings. The molecule has 0 aromatic carbocycles. The lowest BCUT2D eigenvalue weighted by Crippen LogP contribution is -2.54. The molecule has 1 fully saturated rings. The molecule has 0 unspecified atom stereocenters. The molecule has 0 radical (unpaired) electrons. The van der Waals surface area contributed by atoms with E-state index in [-0.39, 0.29) is 25.2 Å². The van der Waals surface area contributed by atoms with E-state index in [1.807, 2.05) is 6.92 Å². The highest BCUT2D eigenvalue weighted by molar-refractivity contribution is 5.88. The van der Waals surface area contributed by atoms with Gasteiger partial charge in [0.15, 0.2) is 0 Å². The molecule has 7 heteroatoms. The average Bonchev–Trinajstić information content (AvgIpc) is 2.65. The van der Waals surface area contributed by atoms with Crippen LogP contribution in [-0.4, -0.2) is 59.8 Å². The summed E-state index contributed by atoms with van der Waals surface area (Å²) < 4.78 is 10.2. The Labute approximate surface area is 160 Å². The Morgan fingerprint density at radius 3 is 2.37 bits per heavy atom. The molecule has 7 nitrogen and oxygen atoms in total. The number of ether oxygens (including phenoxy) is 2. The van der Waals surface area contributed by atoms with Gasteiger partial charge >= 0.3 is 11.9 Å². The predicted molar refractivity (Wildman–Crippen MR) is 99.4 cm³/mol. The molecular formula is C20H30O7. The zero-order chi connectivity index (χ0) is 20.9. The first-order chi connectivity index (χ1) is 12.6. The average molecular weight is 382 g/mol. The quantitative estimate of drug-likeness (QED) is 0.326. The highest BCUT2D eigenvalue weighted by Crippen LogP contribution is 2.50. The van der Waals surface area contributed by atoms with Gasteiger partial charge in [-0.1, -0.05) is 26.2 Å². The number of allylic oxidation sites excluding steroid dienone is 1.